The second kappa shape index (κ2) is 7.76. The van der Waals surface area contributed by atoms with Crippen molar-refractivity contribution in [3.63, 3.8) is 0 Å². The van der Waals surface area contributed by atoms with Crippen molar-refractivity contribution in [3.05, 3.63) is 35.6 Å². The van der Waals surface area contributed by atoms with Gasteiger partial charge in [0.25, 0.3) is 0 Å². The number of carbonyl (C=O) groups excluding carboxylic acids is 2. The summed E-state index contributed by atoms with van der Waals surface area (Å²) in [5, 5.41) is 0. The largest absolute Gasteiger partial charge is 0.462 e. The summed E-state index contributed by atoms with van der Waals surface area (Å²) in [6.45, 7) is 6.75. The first kappa shape index (κ1) is 17.1. The van der Waals surface area contributed by atoms with Crippen molar-refractivity contribution in [3.8, 4) is 0 Å². The maximum atomic E-state index is 13.7. The Kier molecular flexibility index (Phi) is 6.34. The topological polar surface area (TPSA) is 52.6 Å². The fraction of sp³-hybridized carbons (Fsp3) is 0.500. The molecule has 0 fully saturated rings. The minimum atomic E-state index is -1.16. The molecule has 0 bridgehead atoms. The molecule has 0 aliphatic heterocycles. The zero-order chi connectivity index (χ0) is 16.0. The van der Waals surface area contributed by atoms with Gasteiger partial charge in [0.05, 0.1) is 12.2 Å². The minimum Gasteiger partial charge on any atom is -0.462 e. The van der Waals surface area contributed by atoms with E-state index in [0.29, 0.717) is 0 Å². The van der Waals surface area contributed by atoms with Gasteiger partial charge in [-0.05, 0) is 45.7 Å². The first-order chi connectivity index (χ1) is 9.81. The number of ether oxygens (including phenoxy) is 2. The van der Waals surface area contributed by atoms with Crippen LogP contribution >= 0.6 is 0 Å². The summed E-state index contributed by atoms with van der Waals surface area (Å²) in [6, 6.07) is 6.02. The lowest BCUT2D eigenvalue weighted by Gasteiger charge is -2.18. The Hall–Kier alpha value is -1.91. The number of halogens is 1. The highest BCUT2D eigenvalue weighted by molar-refractivity contribution is 5.95. The Morgan fingerprint density at radius 2 is 1.48 bits per heavy atom. The average Bonchev–Trinajstić information content (AvgIpc) is 2.35. The highest BCUT2D eigenvalue weighted by Gasteiger charge is 2.32. The van der Waals surface area contributed by atoms with E-state index in [1.807, 2.05) is 0 Å². The van der Waals surface area contributed by atoms with E-state index in [1.165, 1.54) is 12.1 Å². The highest BCUT2D eigenvalue weighted by Crippen LogP contribution is 2.17. The molecule has 0 aromatic heterocycles. The van der Waals surface area contributed by atoms with Crippen LogP contribution in [0.2, 0.25) is 0 Å². The van der Waals surface area contributed by atoms with Crippen molar-refractivity contribution < 1.29 is 23.5 Å². The van der Waals surface area contributed by atoms with Crippen LogP contribution < -0.4 is 0 Å². The lowest BCUT2D eigenvalue weighted by Crippen LogP contribution is -2.33. The smallest absolute Gasteiger partial charge is 0.320 e. The van der Waals surface area contributed by atoms with Crippen LogP contribution in [-0.2, 0) is 25.5 Å². The van der Waals surface area contributed by atoms with Crippen molar-refractivity contribution in [1.82, 2.24) is 0 Å². The Morgan fingerprint density at radius 1 is 1.00 bits per heavy atom. The third-order valence-electron chi connectivity index (χ3n) is 2.65. The predicted molar refractivity (Wildman–Crippen MR) is 76.1 cm³/mol. The van der Waals surface area contributed by atoms with Gasteiger partial charge in [0.15, 0.2) is 5.92 Å². The summed E-state index contributed by atoms with van der Waals surface area (Å²) >= 11 is 0. The molecule has 0 N–H and O–H groups in total. The van der Waals surface area contributed by atoms with Crippen molar-refractivity contribution in [2.24, 2.45) is 5.92 Å². The Bertz CT molecular complexity index is 475. The minimum absolute atomic E-state index is 0.0796. The van der Waals surface area contributed by atoms with Crippen LogP contribution in [0.25, 0.3) is 0 Å². The van der Waals surface area contributed by atoms with Gasteiger partial charge >= 0.3 is 11.9 Å². The Morgan fingerprint density at radius 3 is 1.90 bits per heavy atom. The molecule has 0 aliphatic carbocycles. The summed E-state index contributed by atoms with van der Waals surface area (Å²) in [7, 11) is 0. The van der Waals surface area contributed by atoms with E-state index in [-0.39, 0.29) is 24.2 Å². The van der Waals surface area contributed by atoms with Crippen LogP contribution in [-0.4, -0.2) is 24.1 Å². The zero-order valence-electron chi connectivity index (χ0n) is 12.8. The average molecular weight is 296 g/mol. The molecule has 116 valence electrons. The van der Waals surface area contributed by atoms with E-state index in [1.54, 1.807) is 39.8 Å². The molecule has 4 nitrogen and oxygen atoms in total. The van der Waals surface area contributed by atoms with Crippen LogP contribution in [0.15, 0.2) is 24.3 Å². The van der Waals surface area contributed by atoms with Crippen molar-refractivity contribution >= 4 is 11.9 Å². The third kappa shape index (κ3) is 5.53. The molecule has 0 unspecified atom stereocenters. The highest BCUT2D eigenvalue weighted by atomic mass is 19.1. The number of rotatable bonds is 6. The summed E-state index contributed by atoms with van der Waals surface area (Å²) in [6.07, 6.45) is -0.788. The van der Waals surface area contributed by atoms with Crippen LogP contribution in [0, 0.1) is 11.7 Å². The SMILES string of the molecule is CC(C)OC(=O)C(Cc1ccccc1F)C(=O)OC(C)C. The number of hydrogen-bond acceptors (Lipinski definition) is 4. The number of hydrogen-bond donors (Lipinski definition) is 0. The predicted octanol–water partition coefficient (Wildman–Crippen LogP) is 2.89. The van der Waals surface area contributed by atoms with E-state index >= 15 is 0 Å². The maximum absolute atomic E-state index is 13.7. The standard InChI is InChI=1S/C16H21FO4/c1-10(2)20-15(18)13(16(19)21-11(3)4)9-12-7-5-6-8-14(12)17/h5-8,10-11,13H,9H2,1-4H3. The molecular formula is C16H21FO4. The van der Waals surface area contributed by atoms with Gasteiger partial charge in [-0.3, -0.25) is 9.59 Å². The fourth-order valence-corrected chi connectivity index (χ4v) is 1.78. The van der Waals surface area contributed by atoms with Gasteiger partial charge in [-0.1, -0.05) is 18.2 Å². The van der Waals surface area contributed by atoms with Crippen molar-refractivity contribution in [2.75, 3.05) is 0 Å². The summed E-state index contributed by atoms with van der Waals surface area (Å²) in [5.74, 6) is -3.01. The number of esters is 2. The Labute approximate surface area is 124 Å². The van der Waals surface area contributed by atoms with Crippen LogP contribution in [0.1, 0.15) is 33.3 Å². The quantitative estimate of drug-likeness (QED) is 0.598. The van der Waals surface area contributed by atoms with Crippen LogP contribution in [0.4, 0.5) is 4.39 Å². The third-order valence-corrected chi connectivity index (χ3v) is 2.65. The van der Waals surface area contributed by atoms with E-state index in [0.717, 1.165) is 0 Å². The monoisotopic (exact) mass is 296 g/mol. The molecule has 0 saturated heterocycles. The van der Waals surface area contributed by atoms with Gasteiger partial charge in [0, 0.05) is 0 Å². The van der Waals surface area contributed by atoms with Crippen LogP contribution in [0.5, 0.6) is 0 Å². The lowest BCUT2D eigenvalue weighted by atomic mass is 9.99. The molecule has 0 amide bonds. The van der Waals surface area contributed by atoms with Gasteiger partial charge in [0.1, 0.15) is 5.82 Å². The molecule has 0 saturated carbocycles. The normalized spacial score (nSPS) is 11.0. The fourth-order valence-electron chi connectivity index (χ4n) is 1.78. The van der Waals surface area contributed by atoms with E-state index in [9.17, 15) is 14.0 Å². The second-order valence-corrected chi connectivity index (χ2v) is 5.32. The van der Waals surface area contributed by atoms with E-state index in [2.05, 4.69) is 0 Å². The van der Waals surface area contributed by atoms with Gasteiger partial charge in [-0.25, -0.2) is 4.39 Å². The first-order valence-electron chi connectivity index (χ1n) is 6.95. The first-order valence-corrected chi connectivity index (χ1v) is 6.95. The number of carbonyl (C=O) groups is 2. The van der Waals surface area contributed by atoms with Crippen molar-refractivity contribution in [2.45, 2.75) is 46.3 Å². The molecule has 0 radical (unpaired) electrons. The molecule has 0 atom stereocenters. The number of benzene rings is 1. The lowest BCUT2D eigenvalue weighted by molar-refractivity contribution is -0.166. The zero-order valence-corrected chi connectivity index (χ0v) is 12.8. The second-order valence-electron chi connectivity index (χ2n) is 5.32. The molecule has 0 aliphatic rings. The maximum Gasteiger partial charge on any atom is 0.320 e. The van der Waals surface area contributed by atoms with Gasteiger partial charge < -0.3 is 9.47 Å². The molecule has 1 rings (SSSR count). The summed E-state index contributed by atoms with van der Waals surface area (Å²) < 4.78 is 23.8. The van der Waals surface area contributed by atoms with Gasteiger partial charge in [0.2, 0.25) is 0 Å². The molecule has 1 aromatic carbocycles. The molecular weight excluding hydrogens is 275 g/mol. The van der Waals surface area contributed by atoms with Gasteiger partial charge in [-0.15, -0.1) is 0 Å². The molecule has 1 aromatic rings. The van der Waals surface area contributed by atoms with Crippen molar-refractivity contribution in [1.29, 1.82) is 0 Å². The summed E-state index contributed by atoms with van der Waals surface area (Å²) in [4.78, 5) is 24.1. The van der Waals surface area contributed by atoms with Crippen LogP contribution in [0.3, 0.4) is 0 Å². The Balaban J connectivity index is 2.93. The molecule has 0 spiro atoms. The van der Waals surface area contributed by atoms with Gasteiger partial charge in [-0.2, -0.15) is 0 Å². The summed E-state index contributed by atoms with van der Waals surface area (Å²) in [5.41, 5.74) is 0.281. The molecule has 21 heavy (non-hydrogen) atoms. The molecule has 5 heteroatoms. The molecule has 0 heterocycles. The van der Waals surface area contributed by atoms with E-state index < -0.39 is 23.7 Å². The van der Waals surface area contributed by atoms with E-state index in [4.69, 9.17) is 9.47 Å².